The minimum Gasteiger partial charge on any atom is -0.461 e. The minimum absolute atomic E-state index is 0.00526. The number of fused-ring (bicyclic) bond motifs is 1. The first-order chi connectivity index (χ1) is 18.9. The number of esters is 2. The van der Waals surface area contributed by atoms with Gasteiger partial charge in [-0.15, -0.1) is 0 Å². The van der Waals surface area contributed by atoms with Crippen molar-refractivity contribution >= 4 is 34.9 Å². The van der Waals surface area contributed by atoms with Gasteiger partial charge in [0, 0.05) is 29.0 Å². The van der Waals surface area contributed by atoms with Crippen LogP contribution >= 0.6 is 0 Å². The van der Waals surface area contributed by atoms with Crippen LogP contribution in [0.4, 0.5) is 9.59 Å². The molecule has 202 valence electrons. The standard InChI is InChI=1S/C28H26N2O9/c1-3-24(31)35-16-14-29-27(33)38-22-18-23(37-19-10-6-5-7-11-19)26(21-13-9-8-12-20(21)22)39-28(34)30-15-17-36-25(32)4-2/h3-13,18H,1-2,14-17H2,(H,29,33)(H,30,34). The van der Waals surface area contributed by atoms with Crippen molar-refractivity contribution in [2.45, 2.75) is 0 Å². The van der Waals surface area contributed by atoms with Crippen LogP contribution in [0.5, 0.6) is 23.0 Å². The van der Waals surface area contributed by atoms with E-state index in [4.69, 9.17) is 23.7 Å². The summed E-state index contributed by atoms with van der Waals surface area (Å²) in [6.45, 7) is 6.44. The molecule has 0 aromatic heterocycles. The molecule has 0 fully saturated rings. The highest BCUT2D eigenvalue weighted by atomic mass is 16.6. The summed E-state index contributed by atoms with van der Waals surface area (Å²) in [5, 5.41) is 5.84. The Morgan fingerprint density at radius 3 is 1.82 bits per heavy atom. The summed E-state index contributed by atoms with van der Waals surface area (Å²) >= 11 is 0. The molecule has 11 nitrogen and oxygen atoms in total. The fraction of sp³-hybridized carbons (Fsp3) is 0.143. The number of rotatable bonds is 12. The Hall–Kier alpha value is -5.32. The Morgan fingerprint density at radius 1 is 0.692 bits per heavy atom. The summed E-state index contributed by atoms with van der Waals surface area (Å²) in [6, 6.07) is 16.9. The predicted octanol–water partition coefficient (Wildman–Crippen LogP) is 4.27. The normalized spacial score (nSPS) is 10.1. The first kappa shape index (κ1) is 28.3. The van der Waals surface area contributed by atoms with Crippen LogP contribution in [0.15, 0.2) is 86.0 Å². The molecular formula is C28H26N2O9. The summed E-state index contributed by atoms with van der Waals surface area (Å²) in [4.78, 5) is 47.3. The number of benzene rings is 3. The van der Waals surface area contributed by atoms with Gasteiger partial charge in [-0.1, -0.05) is 55.6 Å². The zero-order chi connectivity index (χ0) is 28.0. The zero-order valence-electron chi connectivity index (χ0n) is 20.8. The number of hydrogen-bond acceptors (Lipinski definition) is 9. The Morgan fingerprint density at radius 2 is 1.23 bits per heavy atom. The third-order valence-electron chi connectivity index (χ3n) is 4.86. The zero-order valence-corrected chi connectivity index (χ0v) is 20.8. The van der Waals surface area contributed by atoms with Crippen LogP contribution in [0.1, 0.15) is 0 Å². The van der Waals surface area contributed by atoms with Crippen molar-refractivity contribution in [3.05, 3.63) is 86.0 Å². The van der Waals surface area contributed by atoms with E-state index in [-0.39, 0.29) is 43.6 Å². The largest absolute Gasteiger partial charge is 0.461 e. The Balaban J connectivity index is 1.84. The third kappa shape index (κ3) is 8.64. The first-order valence-electron chi connectivity index (χ1n) is 11.7. The van der Waals surface area contributed by atoms with Crippen molar-refractivity contribution in [2.24, 2.45) is 0 Å². The highest BCUT2D eigenvalue weighted by Crippen LogP contribution is 2.43. The number of nitrogens with one attached hydrogen (secondary N) is 2. The maximum atomic E-state index is 12.6. The predicted molar refractivity (Wildman–Crippen MR) is 141 cm³/mol. The van der Waals surface area contributed by atoms with E-state index < -0.39 is 24.1 Å². The molecule has 3 aromatic carbocycles. The smallest absolute Gasteiger partial charge is 0.412 e. The number of amides is 2. The van der Waals surface area contributed by atoms with E-state index in [9.17, 15) is 19.2 Å². The van der Waals surface area contributed by atoms with Gasteiger partial charge in [-0.25, -0.2) is 19.2 Å². The van der Waals surface area contributed by atoms with Gasteiger partial charge in [0.2, 0.25) is 0 Å². The van der Waals surface area contributed by atoms with Crippen molar-refractivity contribution in [3.8, 4) is 23.0 Å². The van der Waals surface area contributed by atoms with Crippen LogP contribution in [0.2, 0.25) is 0 Å². The van der Waals surface area contributed by atoms with Crippen LogP contribution < -0.4 is 24.8 Å². The number of carbonyl (C=O) groups excluding carboxylic acids is 4. The molecule has 0 aliphatic heterocycles. The third-order valence-corrected chi connectivity index (χ3v) is 4.86. The van der Waals surface area contributed by atoms with Crippen molar-refractivity contribution in [1.82, 2.24) is 10.6 Å². The second-order valence-electron chi connectivity index (χ2n) is 7.54. The summed E-state index contributed by atoms with van der Waals surface area (Å²) in [5.41, 5.74) is 0. The van der Waals surface area contributed by atoms with E-state index in [1.807, 2.05) is 6.07 Å². The van der Waals surface area contributed by atoms with Crippen LogP contribution in [-0.2, 0) is 19.1 Å². The highest BCUT2D eigenvalue weighted by molar-refractivity contribution is 5.98. The lowest BCUT2D eigenvalue weighted by Crippen LogP contribution is -2.31. The van der Waals surface area contributed by atoms with Crippen LogP contribution in [0.3, 0.4) is 0 Å². The summed E-state index contributed by atoms with van der Waals surface area (Å²) in [6.07, 6.45) is 0.397. The molecule has 0 saturated heterocycles. The van der Waals surface area contributed by atoms with E-state index in [1.54, 1.807) is 48.5 Å². The lowest BCUT2D eigenvalue weighted by Gasteiger charge is -2.17. The topological polar surface area (TPSA) is 138 Å². The van der Waals surface area contributed by atoms with Crippen molar-refractivity contribution in [3.63, 3.8) is 0 Å². The molecule has 0 bridgehead atoms. The van der Waals surface area contributed by atoms with Gasteiger partial charge in [-0.2, -0.15) is 0 Å². The second-order valence-corrected chi connectivity index (χ2v) is 7.54. The molecule has 11 heteroatoms. The van der Waals surface area contributed by atoms with Crippen LogP contribution in [0, 0.1) is 0 Å². The second kappa shape index (κ2) is 14.4. The Labute approximate surface area is 223 Å². The first-order valence-corrected chi connectivity index (χ1v) is 11.7. The van der Waals surface area contributed by atoms with Gasteiger partial charge in [0.05, 0.1) is 13.1 Å². The van der Waals surface area contributed by atoms with Gasteiger partial charge in [0.25, 0.3) is 0 Å². The van der Waals surface area contributed by atoms with E-state index in [0.29, 0.717) is 16.5 Å². The molecule has 3 rings (SSSR count). The number of para-hydroxylation sites is 1. The lowest BCUT2D eigenvalue weighted by atomic mass is 10.1. The quantitative estimate of drug-likeness (QED) is 0.198. The van der Waals surface area contributed by atoms with E-state index >= 15 is 0 Å². The maximum Gasteiger partial charge on any atom is 0.412 e. The molecule has 0 radical (unpaired) electrons. The van der Waals surface area contributed by atoms with Crippen molar-refractivity contribution in [1.29, 1.82) is 0 Å². The summed E-state index contributed by atoms with van der Waals surface area (Å²) in [5.74, 6) is -0.506. The Kier molecular flexibility index (Phi) is 10.5. The molecule has 3 aromatic rings. The molecule has 0 spiro atoms. The molecule has 39 heavy (non-hydrogen) atoms. The fourth-order valence-electron chi connectivity index (χ4n) is 3.16. The van der Waals surface area contributed by atoms with Crippen molar-refractivity contribution in [2.75, 3.05) is 26.3 Å². The molecule has 0 aliphatic rings. The van der Waals surface area contributed by atoms with Gasteiger partial charge in [0.1, 0.15) is 24.7 Å². The molecule has 0 heterocycles. The molecule has 2 N–H and O–H groups in total. The monoisotopic (exact) mass is 534 g/mol. The number of hydrogen-bond donors (Lipinski definition) is 2. The van der Waals surface area contributed by atoms with Gasteiger partial charge >= 0.3 is 24.1 Å². The van der Waals surface area contributed by atoms with Crippen molar-refractivity contribution < 1.29 is 42.9 Å². The van der Waals surface area contributed by atoms with Gasteiger partial charge in [-0.3, -0.25) is 0 Å². The Bertz CT molecular complexity index is 1360. The maximum absolute atomic E-state index is 12.6. The molecule has 0 saturated carbocycles. The molecule has 0 unspecified atom stereocenters. The van der Waals surface area contributed by atoms with E-state index in [0.717, 1.165) is 12.2 Å². The fourth-order valence-corrected chi connectivity index (χ4v) is 3.16. The summed E-state index contributed by atoms with van der Waals surface area (Å²) in [7, 11) is 0. The number of carbonyl (C=O) groups is 4. The highest BCUT2D eigenvalue weighted by Gasteiger charge is 2.20. The average molecular weight is 535 g/mol. The van der Waals surface area contributed by atoms with Gasteiger partial charge < -0.3 is 34.3 Å². The molecular weight excluding hydrogens is 508 g/mol. The number of ether oxygens (including phenoxy) is 5. The lowest BCUT2D eigenvalue weighted by molar-refractivity contribution is -0.138. The molecule has 2 amide bonds. The summed E-state index contributed by atoms with van der Waals surface area (Å²) < 4.78 is 26.7. The van der Waals surface area contributed by atoms with Crippen LogP contribution in [0.25, 0.3) is 10.8 Å². The minimum atomic E-state index is -0.826. The molecule has 0 atom stereocenters. The van der Waals surface area contributed by atoms with E-state index in [2.05, 4.69) is 23.8 Å². The van der Waals surface area contributed by atoms with Gasteiger partial charge in [0.15, 0.2) is 11.5 Å². The van der Waals surface area contributed by atoms with E-state index in [1.165, 1.54) is 6.07 Å². The molecule has 0 aliphatic carbocycles. The average Bonchev–Trinajstić information content (AvgIpc) is 2.95. The van der Waals surface area contributed by atoms with Crippen LogP contribution in [-0.4, -0.2) is 50.4 Å². The van der Waals surface area contributed by atoms with Gasteiger partial charge in [-0.05, 0) is 12.1 Å². The SMILES string of the molecule is C=CC(=O)OCCNC(=O)Oc1cc(Oc2ccccc2)c(OC(=O)NCCOC(=O)C=C)c2ccccc12.